The molecule has 1 aromatic heterocycles. The van der Waals surface area contributed by atoms with Crippen molar-refractivity contribution in [1.82, 2.24) is 4.98 Å². The van der Waals surface area contributed by atoms with Crippen LogP contribution >= 0.6 is 0 Å². The Bertz CT molecular complexity index is 1900. The Morgan fingerprint density at radius 1 is 0.784 bits per heavy atom. The highest BCUT2D eigenvalue weighted by atomic mass is 16.5. The van der Waals surface area contributed by atoms with Crippen molar-refractivity contribution in [2.45, 2.75) is 80.1 Å². The van der Waals surface area contributed by atoms with Gasteiger partial charge in [0.2, 0.25) is 0 Å². The van der Waals surface area contributed by atoms with Gasteiger partial charge < -0.3 is 26.0 Å². The number of nitrogens with one attached hydrogen (secondary N) is 2. The number of carbonyl (C=O) groups is 1. The summed E-state index contributed by atoms with van der Waals surface area (Å²) in [4.78, 5) is 19.9. The van der Waals surface area contributed by atoms with Crippen LogP contribution in [0.25, 0.3) is 21.9 Å². The number of urea groups is 1. The van der Waals surface area contributed by atoms with Gasteiger partial charge in [0.1, 0.15) is 5.82 Å². The van der Waals surface area contributed by atoms with Crippen LogP contribution in [0.5, 0.6) is 0 Å². The van der Waals surface area contributed by atoms with Crippen molar-refractivity contribution in [1.29, 1.82) is 0 Å². The molecule has 4 N–H and O–H groups in total. The van der Waals surface area contributed by atoms with Crippen LogP contribution in [0.1, 0.15) is 77.6 Å². The lowest BCUT2D eigenvalue weighted by Gasteiger charge is -2.21. The summed E-state index contributed by atoms with van der Waals surface area (Å²) in [5.74, 6) is 0.926. The fraction of sp³-hybridized carbons (Fsp3) is 0.364. The Morgan fingerprint density at radius 2 is 1.39 bits per heavy atom. The first-order valence-corrected chi connectivity index (χ1v) is 17.3. The number of aromatic nitrogens is 1. The normalized spacial score (nSPS) is 11.3. The summed E-state index contributed by atoms with van der Waals surface area (Å²) in [6.07, 6.45) is 2.86. The van der Waals surface area contributed by atoms with Crippen LogP contribution in [-0.4, -0.2) is 38.3 Å². The number of nitrogens with two attached hydrogens (primary N) is 1. The number of carbonyl (C=O) groups excluding carboxylic acids is 1. The van der Waals surface area contributed by atoms with Gasteiger partial charge in [-0.2, -0.15) is 0 Å². The van der Waals surface area contributed by atoms with Crippen LogP contribution in [0.15, 0.2) is 91.1 Å². The van der Waals surface area contributed by atoms with E-state index in [-0.39, 0.29) is 24.3 Å². The van der Waals surface area contributed by atoms with E-state index in [1.54, 1.807) is 7.11 Å². The van der Waals surface area contributed by atoms with E-state index in [2.05, 4.69) is 106 Å². The van der Waals surface area contributed by atoms with Crippen molar-refractivity contribution in [3.8, 4) is 11.1 Å². The van der Waals surface area contributed by atoms with E-state index in [1.165, 1.54) is 11.1 Å². The average molecular weight is 690 g/mol. The fourth-order valence-corrected chi connectivity index (χ4v) is 5.60. The van der Waals surface area contributed by atoms with Crippen LogP contribution in [0.4, 0.5) is 27.7 Å². The van der Waals surface area contributed by atoms with E-state index in [4.69, 9.17) is 15.5 Å². The summed E-state index contributed by atoms with van der Waals surface area (Å²) in [6.45, 7) is 18.7. The molecule has 0 aliphatic rings. The van der Waals surface area contributed by atoms with Gasteiger partial charge in [-0.25, -0.2) is 9.78 Å². The van der Waals surface area contributed by atoms with Crippen LogP contribution < -0.4 is 21.3 Å². The molecule has 0 fully saturated rings. The Labute approximate surface area is 306 Å². The van der Waals surface area contributed by atoms with Crippen LogP contribution in [-0.2, 0) is 15.6 Å². The lowest BCUT2D eigenvalue weighted by molar-refractivity contribution is 0.196. The topological polar surface area (TPSA) is 92.5 Å². The molecule has 272 valence electrons. The van der Waals surface area contributed by atoms with Gasteiger partial charge in [0.25, 0.3) is 0 Å². The zero-order valence-electron chi connectivity index (χ0n) is 31.6. The molecule has 51 heavy (non-hydrogen) atoms. The smallest absolute Gasteiger partial charge is 0.323 e. The molecular weight excluding hydrogens is 631 g/mol. The third-order valence-electron chi connectivity index (χ3n) is 8.96. The van der Waals surface area contributed by atoms with Crippen molar-refractivity contribution in [3.05, 3.63) is 113 Å². The lowest BCUT2D eigenvalue weighted by Crippen LogP contribution is -2.21. The number of methoxy groups -OCH3 is 1. The van der Waals surface area contributed by atoms with Crippen LogP contribution in [0.2, 0.25) is 0 Å². The molecule has 0 saturated carbocycles. The second-order valence-corrected chi connectivity index (χ2v) is 15.1. The zero-order valence-corrected chi connectivity index (χ0v) is 31.6. The van der Waals surface area contributed by atoms with E-state index in [1.807, 2.05) is 63.5 Å². The molecule has 5 rings (SSSR count). The predicted molar refractivity (Wildman–Crippen MR) is 220 cm³/mol. The average Bonchev–Trinajstić information content (AvgIpc) is 3.06. The number of amides is 2. The van der Waals surface area contributed by atoms with E-state index >= 15 is 0 Å². The molecule has 0 radical (unpaired) electrons. The van der Waals surface area contributed by atoms with E-state index in [0.29, 0.717) is 0 Å². The van der Waals surface area contributed by atoms with E-state index in [9.17, 15) is 4.79 Å². The number of ether oxygens (including phenoxy) is 1. The SMILES string of the molecule is C.COCCCN(C)c1ccc(-c2ccc(NC(=O)Nc3cc(C(C)(C)C)ccc3C)c3ccccc23)cn1.Cc1ccc(C(C)(C)C)cc1N. The number of pyridine rings is 1. The summed E-state index contributed by atoms with van der Waals surface area (Å²) in [7, 11) is 3.76. The van der Waals surface area contributed by atoms with Gasteiger partial charge in [-0.05, 0) is 94.6 Å². The highest BCUT2D eigenvalue weighted by Crippen LogP contribution is 2.34. The molecule has 0 aliphatic carbocycles. The molecule has 0 saturated heterocycles. The number of benzene rings is 4. The first-order chi connectivity index (χ1) is 23.6. The molecule has 2 amide bonds. The number of nitrogen functional groups attached to an aromatic ring is 1. The second kappa shape index (κ2) is 17.4. The first-order valence-electron chi connectivity index (χ1n) is 17.3. The minimum atomic E-state index is -0.264. The van der Waals surface area contributed by atoms with Gasteiger partial charge in [-0.3, -0.25) is 0 Å². The Hall–Kier alpha value is -4.88. The molecule has 0 atom stereocenters. The van der Waals surface area contributed by atoms with Crippen molar-refractivity contribution in [2.75, 3.05) is 48.6 Å². The first kappa shape index (κ1) is 40.5. The highest BCUT2D eigenvalue weighted by Gasteiger charge is 2.17. The van der Waals surface area contributed by atoms with Crippen molar-refractivity contribution in [3.63, 3.8) is 0 Å². The fourth-order valence-electron chi connectivity index (χ4n) is 5.60. The number of nitrogens with zero attached hydrogens (tertiary/aromatic N) is 2. The molecule has 4 aromatic carbocycles. The van der Waals surface area contributed by atoms with Gasteiger partial charge in [0.15, 0.2) is 0 Å². The monoisotopic (exact) mass is 689 g/mol. The van der Waals surface area contributed by atoms with Gasteiger partial charge >= 0.3 is 6.03 Å². The second-order valence-electron chi connectivity index (χ2n) is 15.1. The summed E-state index contributed by atoms with van der Waals surface area (Å²) in [5.41, 5.74) is 15.2. The summed E-state index contributed by atoms with van der Waals surface area (Å²) in [5, 5.41) is 8.14. The number of rotatable bonds is 8. The Kier molecular flexibility index (Phi) is 13.8. The number of fused-ring (bicyclic) bond motifs is 1. The third-order valence-corrected chi connectivity index (χ3v) is 8.96. The third kappa shape index (κ3) is 10.8. The number of hydrogen-bond donors (Lipinski definition) is 3. The minimum absolute atomic E-state index is 0. The largest absolute Gasteiger partial charge is 0.399 e. The minimum Gasteiger partial charge on any atom is -0.399 e. The maximum atomic E-state index is 13.0. The summed E-state index contributed by atoms with van der Waals surface area (Å²) in [6, 6.07) is 28.5. The molecule has 7 heteroatoms. The molecule has 1 heterocycles. The number of hydrogen-bond acceptors (Lipinski definition) is 5. The molecule has 0 spiro atoms. The van der Waals surface area contributed by atoms with Crippen LogP contribution in [0, 0.1) is 13.8 Å². The summed E-state index contributed by atoms with van der Waals surface area (Å²) >= 11 is 0. The Morgan fingerprint density at radius 3 is 1.98 bits per heavy atom. The molecule has 0 bridgehead atoms. The maximum Gasteiger partial charge on any atom is 0.323 e. The number of aryl methyl sites for hydroxylation is 2. The van der Waals surface area contributed by atoms with E-state index < -0.39 is 0 Å². The van der Waals surface area contributed by atoms with E-state index in [0.717, 1.165) is 75.5 Å². The quantitative estimate of drug-likeness (QED) is 0.111. The molecular formula is C44H59N5O2. The molecule has 5 aromatic rings. The molecule has 0 aliphatic heterocycles. The van der Waals surface area contributed by atoms with Gasteiger partial charge in [0, 0.05) is 55.8 Å². The van der Waals surface area contributed by atoms with Crippen molar-refractivity contribution >= 4 is 39.7 Å². The standard InChI is InChI=1S/C32H38N4O2.C11H17N.CH4/c1-22-12-14-24(32(2,3)4)20-29(22)35-31(37)34-28-16-15-25(26-10-7-8-11-27(26)28)23-13-17-30(33-21-23)36(5)18-9-19-38-6;1-8-5-6-9(7-10(8)12)11(2,3)4;/h7-8,10-17,20-21H,9,18-19H2,1-6H3,(H2,34,35,37);5-7H,12H2,1-4H3;1H4. The lowest BCUT2D eigenvalue weighted by atomic mass is 9.86. The van der Waals surface area contributed by atoms with Crippen molar-refractivity contribution in [2.24, 2.45) is 0 Å². The van der Waals surface area contributed by atoms with Gasteiger partial charge in [0.05, 0.1) is 5.69 Å². The Balaban J connectivity index is 0.000000459. The van der Waals surface area contributed by atoms with Gasteiger partial charge in [-0.1, -0.05) is 104 Å². The molecule has 7 nitrogen and oxygen atoms in total. The molecule has 0 unspecified atom stereocenters. The highest BCUT2D eigenvalue weighted by molar-refractivity contribution is 6.09. The van der Waals surface area contributed by atoms with Crippen LogP contribution in [0.3, 0.4) is 0 Å². The maximum absolute atomic E-state index is 13.0. The number of anilines is 4. The van der Waals surface area contributed by atoms with Gasteiger partial charge in [-0.15, -0.1) is 0 Å². The summed E-state index contributed by atoms with van der Waals surface area (Å²) < 4.78 is 5.15. The van der Waals surface area contributed by atoms with Crippen molar-refractivity contribution < 1.29 is 9.53 Å². The predicted octanol–water partition coefficient (Wildman–Crippen LogP) is 11.1. The zero-order chi connectivity index (χ0) is 36.6.